The number of hydrogen-bond acceptors (Lipinski definition) is 4. The van der Waals surface area contributed by atoms with E-state index >= 15 is 0 Å². The van der Waals surface area contributed by atoms with Crippen molar-refractivity contribution in [1.29, 1.82) is 0 Å². The highest BCUT2D eigenvalue weighted by Crippen LogP contribution is 2.02. The van der Waals surface area contributed by atoms with Crippen molar-refractivity contribution in [1.82, 2.24) is 10.7 Å². The quantitative estimate of drug-likeness (QED) is 0.293. The molecule has 0 fully saturated rings. The molecule has 0 radical (unpaired) electrons. The minimum atomic E-state index is -0.950. The Morgan fingerprint density at radius 3 is 2.76 bits per heavy atom. The Morgan fingerprint density at radius 1 is 1.43 bits per heavy atom. The maximum Gasteiger partial charge on any atom is 0.335 e. The Hall–Kier alpha value is -1.99. The molecule has 0 unspecified atom stereocenters. The van der Waals surface area contributed by atoms with E-state index in [4.69, 9.17) is 22.1 Å². The van der Waals surface area contributed by atoms with E-state index in [9.17, 15) is 4.79 Å². The van der Waals surface area contributed by atoms with Gasteiger partial charge in [-0.25, -0.2) is 4.79 Å². The Bertz CT molecular complexity index is 489. The van der Waals surface area contributed by atoms with Crippen LogP contribution in [0.2, 0.25) is 0 Å². The molecule has 21 heavy (non-hydrogen) atoms. The fraction of sp³-hybridized carbons (Fsp3) is 0.357. The van der Waals surface area contributed by atoms with Crippen LogP contribution in [0.4, 0.5) is 0 Å². The molecule has 0 aliphatic heterocycles. The zero-order valence-electron chi connectivity index (χ0n) is 11.8. The van der Waals surface area contributed by atoms with Crippen molar-refractivity contribution in [2.45, 2.75) is 13.3 Å². The van der Waals surface area contributed by atoms with Crippen LogP contribution in [-0.4, -0.2) is 42.2 Å². The van der Waals surface area contributed by atoms with Crippen LogP contribution in [0, 0.1) is 0 Å². The van der Waals surface area contributed by atoms with E-state index in [-0.39, 0.29) is 5.56 Å². The lowest BCUT2D eigenvalue weighted by atomic mass is 10.1. The van der Waals surface area contributed by atoms with Crippen LogP contribution in [0.1, 0.15) is 29.3 Å². The number of ether oxygens (including phenoxy) is 1. The van der Waals surface area contributed by atoms with Gasteiger partial charge in [0.1, 0.15) is 0 Å². The summed E-state index contributed by atoms with van der Waals surface area (Å²) in [6.45, 7) is 4.09. The second-order valence-corrected chi connectivity index (χ2v) is 4.51. The van der Waals surface area contributed by atoms with Crippen molar-refractivity contribution < 1.29 is 14.6 Å². The van der Waals surface area contributed by atoms with Gasteiger partial charge in [0, 0.05) is 19.8 Å². The number of nitrogens with zero attached hydrogens (tertiary/aromatic N) is 1. The average Bonchev–Trinajstić information content (AvgIpc) is 2.47. The Labute approximate surface area is 129 Å². The molecule has 0 amide bonds. The molecular weight excluding hydrogens is 290 g/mol. The molecule has 1 aromatic rings. The zero-order chi connectivity index (χ0) is 15.5. The number of aromatic carboxylic acids is 1. The molecule has 0 atom stereocenters. The van der Waals surface area contributed by atoms with Crippen molar-refractivity contribution in [3.8, 4) is 0 Å². The molecule has 0 spiro atoms. The van der Waals surface area contributed by atoms with Crippen LogP contribution in [0.15, 0.2) is 29.4 Å². The highest BCUT2D eigenvalue weighted by atomic mass is 32.1. The smallest absolute Gasteiger partial charge is 0.335 e. The number of benzene rings is 1. The summed E-state index contributed by atoms with van der Waals surface area (Å²) in [5, 5.41) is 16.2. The van der Waals surface area contributed by atoms with Crippen molar-refractivity contribution in [3.63, 3.8) is 0 Å². The van der Waals surface area contributed by atoms with Gasteiger partial charge in [-0.3, -0.25) is 5.43 Å². The van der Waals surface area contributed by atoms with Crippen molar-refractivity contribution >= 4 is 29.5 Å². The molecule has 0 saturated carbocycles. The molecule has 0 saturated heterocycles. The van der Waals surface area contributed by atoms with Gasteiger partial charge in [0.15, 0.2) is 5.11 Å². The van der Waals surface area contributed by atoms with E-state index in [1.807, 2.05) is 6.92 Å². The van der Waals surface area contributed by atoms with E-state index in [0.29, 0.717) is 24.9 Å². The third-order valence-corrected chi connectivity index (χ3v) is 2.73. The molecule has 0 aromatic heterocycles. The molecule has 0 bridgehead atoms. The molecule has 0 aliphatic rings. The van der Waals surface area contributed by atoms with E-state index in [2.05, 4.69) is 15.8 Å². The molecule has 7 heteroatoms. The first kappa shape index (κ1) is 17.1. The number of hydrazone groups is 1. The van der Waals surface area contributed by atoms with Gasteiger partial charge in [0.25, 0.3) is 0 Å². The lowest BCUT2D eigenvalue weighted by Gasteiger charge is -2.06. The molecular formula is C14H19N3O3S. The highest BCUT2D eigenvalue weighted by Gasteiger charge is 2.00. The second kappa shape index (κ2) is 9.84. The van der Waals surface area contributed by atoms with Gasteiger partial charge >= 0.3 is 5.97 Å². The maximum atomic E-state index is 10.7. The SMILES string of the molecule is CCOCCCNC(=S)N/N=C\c1ccc(C(=O)O)cc1. The van der Waals surface area contributed by atoms with Gasteiger partial charge in [0.2, 0.25) is 0 Å². The first-order valence-corrected chi connectivity index (χ1v) is 7.02. The summed E-state index contributed by atoms with van der Waals surface area (Å²) in [6, 6.07) is 6.39. The lowest BCUT2D eigenvalue weighted by molar-refractivity contribution is 0.0697. The van der Waals surface area contributed by atoms with Gasteiger partial charge in [-0.1, -0.05) is 12.1 Å². The number of hydrogen-bond donors (Lipinski definition) is 3. The van der Waals surface area contributed by atoms with Crippen LogP contribution in [0.3, 0.4) is 0 Å². The summed E-state index contributed by atoms with van der Waals surface area (Å²) in [4.78, 5) is 10.7. The molecule has 1 aromatic carbocycles. The Balaban J connectivity index is 2.27. The zero-order valence-corrected chi connectivity index (χ0v) is 12.7. The van der Waals surface area contributed by atoms with Crippen LogP contribution in [-0.2, 0) is 4.74 Å². The van der Waals surface area contributed by atoms with E-state index in [0.717, 1.165) is 12.0 Å². The van der Waals surface area contributed by atoms with E-state index < -0.39 is 5.97 Å². The molecule has 0 aliphatic carbocycles. The summed E-state index contributed by atoms with van der Waals surface area (Å²) < 4.78 is 5.21. The number of carboxylic acids is 1. The average molecular weight is 309 g/mol. The lowest BCUT2D eigenvalue weighted by Crippen LogP contribution is -2.33. The minimum absolute atomic E-state index is 0.242. The normalized spacial score (nSPS) is 10.5. The fourth-order valence-corrected chi connectivity index (χ4v) is 1.59. The largest absolute Gasteiger partial charge is 0.478 e. The molecule has 114 valence electrons. The first-order valence-electron chi connectivity index (χ1n) is 6.61. The second-order valence-electron chi connectivity index (χ2n) is 4.10. The third kappa shape index (κ3) is 7.38. The standard InChI is InChI=1S/C14H19N3O3S/c1-2-20-9-3-8-15-14(21)17-16-10-11-4-6-12(7-5-11)13(18)19/h4-7,10H,2-3,8-9H2,1H3,(H,18,19)(H2,15,17,21)/b16-10-. The summed E-state index contributed by atoms with van der Waals surface area (Å²) in [5.74, 6) is -0.950. The first-order chi connectivity index (χ1) is 10.1. The monoisotopic (exact) mass is 309 g/mol. The Kier molecular flexibility index (Phi) is 8.00. The van der Waals surface area contributed by atoms with Gasteiger partial charge in [-0.05, 0) is 43.3 Å². The number of thiocarbonyl (C=S) groups is 1. The van der Waals surface area contributed by atoms with Crippen molar-refractivity contribution in [2.24, 2.45) is 5.10 Å². The summed E-state index contributed by atoms with van der Waals surface area (Å²) in [6.07, 6.45) is 2.44. The third-order valence-electron chi connectivity index (χ3n) is 2.49. The minimum Gasteiger partial charge on any atom is -0.478 e. The number of nitrogens with one attached hydrogen (secondary N) is 2. The van der Waals surface area contributed by atoms with Crippen LogP contribution in [0.25, 0.3) is 0 Å². The van der Waals surface area contributed by atoms with Crippen LogP contribution in [0.5, 0.6) is 0 Å². The van der Waals surface area contributed by atoms with Gasteiger partial charge in [0.05, 0.1) is 11.8 Å². The number of carboxylic acid groups (broad SMARTS) is 1. The topological polar surface area (TPSA) is 83.0 Å². The summed E-state index contributed by atoms with van der Waals surface area (Å²) >= 11 is 5.05. The van der Waals surface area contributed by atoms with Gasteiger partial charge < -0.3 is 15.2 Å². The maximum absolute atomic E-state index is 10.7. The predicted molar refractivity (Wildman–Crippen MR) is 85.8 cm³/mol. The van der Waals surface area contributed by atoms with Crippen molar-refractivity contribution in [3.05, 3.63) is 35.4 Å². The molecule has 6 nitrogen and oxygen atoms in total. The van der Waals surface area contributed by atoms with Crippen LogP contribution >= 0.6 is 12.2 Å². The number of rotatable bonds is 8. The van der Waals surface area contributed by atoms with Crippen LogP contribution < -0.4 is 10.7 Å². The predicted octanol–water partition coefficient (Wildman–Crippen LogP) is 1.61. The summed E-state index contributed by atoms with van der Waals surface area (Å²) in [7, 11) is 0. The molecule has 3 N–H and O–H groups in total. The van der Waals surface area contributed by atoms with E-state index in [1.54, 1.807) is 18.3 Å². The van der Waals surface area contributed by atoms with Crippen molar-refractivity contribution in [2.75, 3.05) is 19.8 Å². The summed E-state index contributed by atoms with van der Waals surface area (Å²) in [5.41, 5.74) is 3.72. The van der Waals surface area contributed by atoms with Gasteiger partial charge in [-0.15, -0.1) is 0 Å². The Morgan fingerprint density at radius 2 is 2.14 bits per heavy atom. The van der Waals surface area contributed by atoms with Gasteiger partial charge in [-0.2, -0.15) is 5.10 Å². The number of carbonyl (C=O) groups is 1. The molecule has 0 heterocycles. The van der Waals surface area contributed by atoms with E-state index in [1.165, 1.54) is 12.1 Å². The highest BCUT2D eigenvalue weighted by molar-refractivity contribution is 7.80. The molecule has 1 rings (SSSR count). The fourth-order valence-electron chi connectivity index (χ4n) is 1.44.